The molecular formula is C15H12ClF2NO2. The Morgan fingerprint density at radius 1 is 1.14 bits per heavy atom. The van der Waals surface area contributed by atoms with E-state index in [1.54, 1.807) is 12.1 Å². The standard InChI is InChI=1S/C15H12ClF2NO2/c16-12-8-13(17)11(7-14(12)18)15(21)19-6-5-9-1-3-10(20)4-2-9/h1-4,7-8,20H,5-6H2,(H,19,21). The number of halogens is 3. The Balaban J connectivity index is 1.96. The predicted molar refractivity (Wildman–Crippen MR) is 75.5 cm³/mol. The molecule has 0 bridgehead atoms. The molecule has 6 heteroatoms. The molecule has 0 aromatic heterocycles. The SMILES string of the molecule is O=C(NCCc1ccc(O)cc1)c1cc(F)c(Cl)cc1F. The van der Waals surface area contributed by atoms with Crippen LogP contribution in [0.4, 0.5) is 8.78 Å². The summed E-state index contributed by atoms with van der Waals surface area (Å²) in [4.78, 5) is 11.8. The molecule has 2 N–H and O–H groups in total. The van der Waals surface area contributed by atoms with Crippen LogP contribution in [0.25, 0.3) is 0 Å². The maximum Gasteiger partial charge on any atom is 0.254 e. The summed E-state index contributed by atoms with van der Waals surface area (Å²) < 4.78 is 26.8. The molecule has 110 valence electrons. The zero-order valence-electron chi connectivity index (χ0n) is 10.9. The average Bonchev–Trinajstić information content (AvgIpc) is 2.45. The van der Waals surface area contributed by atoms with Gasteiger partial charge in [0.15, 0.2) is 0 Å². The van der Waals surface area contributed by atoms with Crippen LogP contribution in [-0.4, -0.2) is 17.6 Å². The molecule has 1 amide bonds. The van der Waals surface area contributed by atoms with Gasteiger partial charge in [-0.3, -0.25) is 4.79 Å². The second-order valence-corrected chi connectivity index (χ2v) is 4.83. The maximum absolute atomic E-state index is 13.5. The smallest absolute Gasteiger partial charge is 0.254 e. The minimum absolute atomic E-state index is 0.154. The number of phenols is 1. The fourth-order valence-electron chi connectivity index (χ4n) is 1.77. The van der Waals surface area contributed by atoms with Gasteiger partial charge in [-0.1, -0.05) is 23.7 Å². The lowest BCUT2D eigenvalue weighted by molar-refractivity contribution is 0.0949. The average molecular weight is 312 g/mol. The number of rotatable bonds is 4. The summed E-state index contributed by atoms with van der Waals surface area (Å²) >= 11 is 5.42. The highest BCUT2D eigenvalue weighted by atomic mass is 35.5. The first-order chi connectivity index (χ1) is 9.97. The van der Waals surface area contributed by atoms with E-state index in [0.717, 1.165) is 17.7 Å². The molecule has 0 saturated heterocycles. The third-order valence-electron chi connectivity index (χ3n) is 2.89. The number of aromatic hydroxyl groups is 1. The highest BCUT2D eigenvalue weighted by Gasteiger charge is 2.15. The molecule has 0 aliphatic carbocycles. The topological polar surface area (TPSA) is 49.3 Å². The molecule has 2 aromatic rings. The van der Waals surface area contributed by atoms with Crippen LogP contribution in [0.3, 0.4) is 0 Å². The predicted octanol–water partition coefficient (Wildman–Crippen LogP) is 3.30. The highest BCUT2D eigenvalue weighted by molar-refractivity contribution is 6.30. The monoisotopic (exact) mass is 311 g/mol. The number of carbonyl (C=O) groups is 1. The fourth-order valence-corrected chi connectivity index (χ4v) is 1.93. The molecular weight excluding hydrogens is 300 g/mol. The maximum atomic E-state index is 13.5. The molecule has 0 saturated carbocycles. The van der Waals surface area contributed by atoms with Crippen molar-refractivity contribution in [3.8, 4) is 5.75 Å². The summed E-state index contributed by atoms with van der Waals surface area (Å²) in [6.45, 7) is 0.257. The molecule has 0 unspecified atom stereocenters. The minimum atomic E-state index is -0.872. The molecule has 21 heavy (non-hydrogen) atoms. The number of benzene rings is 2. The van der Waals surface area contributed by atoms with E-state index >= 15 is 0 Å². The molecule has 0 atom stereocenters. The molecule has 0 heterocycles. The summed E-state index contributed by atoms with van der Waals surface area (Å²) in [7, 11) is 0. The van der Waals surface area contributed by atoms with Gasteiger partial charge < -0.3 is 10.4 Å². The van der Waals surface area contributed by atoms with Crippen LogP contribution in [0.15, 0.2) is 36.4 Å². The van der Waals surface area contributed by atoms with E-state index in [2.05, 4.69) is 5.32 Å². The molecule has 0 aliphatic heterocycles. The van der Waals surface area contributed by atoms with Crippen molar-refractivity contribution in [2.75, 3.05) is 6.54 Å². The third-order valence-corrected chi connectivity index (χ3v) is 3.18. The number of carbonyl (C=O) groups excluding carboxylic acids is 1. The number of hydrogen-bond acceptors (Lipinski definition) is 2. The normalized spacial score (nSPS) is 10.4. The van der Waals surface area contributed by atoms with E-state index in [0.29, 0.717) is 6.42 Å². The van der Waals surface area contributed by atoms with Crippen LogP contribution in [0.1, 0.15) is 15.9 Å². The van der Waals surface area contributed by atoms with Gasteiger partial charge in [0.05, 0.1) is 10.6 Å². The zero-order valence-corrected chi connectivity index (χ0v) is 11.6. The minimum Gasteiger partial charge on any atom is -0.508 e. The van der Waals surface area contributed by atoms with E-state index in [9.17, 15) is 13.6 Å². The highest BCUT2D eigenvalue weighted by Crippen LogP contribution is 2.19. The number of amides is 1. The van der Waals surface area contributed by atoms with Crippen molar-refractivity contribution in [2.24, 2.45) is 0 Å². The van der Waals surface area contributed by atoms with Crippen molar-refractivity contribution in [2.45, 2.75) is 6.42 Å². The van der Waals surface area contributed by atoms with E-state index in [1.165, 1.54) is 12.1 Å². The lowest BCUT2D eigenvalue weighted by Crippen LogP contribution is -2.26. The molecule has 0 radical (unpaired) electrons. The van der Waals surface area contributed by atoms with Gasteiger partial charge in [0.25, 0.3) is 5.91 Å². The molecule has 0 spiro atoms. The van der Waals surface area contributed by atoms with Crippen molar-refractivity contribution in [3.05, 3.63) is 64.2 Å². The van der Waals surface area contributed by atoms with Crippen LogP contribution in [0, 0.1) is 11.6 Å². The Morgan fingerprint density at radius 2 is 1.81 bits per heavy atom. The Hall–Kier alpha value is -2.14. The van der Waals surface area contributed by atoms with Gasteiger partial charge in [-0.25, -0.2) is 8.78 Å². The first-order valence-electron chi connectivity index (χ1n) is 6.18. The van der Waals surface area contributed by atoms with Crippen molar-refractivity contribution in [3.63, 3.8) is 0 Å². The van der Waals surface area contributed by atoms with Crippen LogP contribution >= 0.6 is 11.6 Å². The molecule has 0 fully saturated rings. The Morgan fingerprint density at radius 3 is 2.48 bits per heavy atom. The van der Waals surface area contributed by atoms with Gasteiger partial charge in [-0.2, -0.15) is 0 Å². The summed E-state index contributed by atoms with van der Waals surface area (Å²) in [5.41, 5.74) is 0.512. The Kier molecular flexibility index (Phi) is 4.75. The van der Waals surface area contributed by atoms with Crippen molar-refractivity contribution >= 4 is 17.5 Å². The van der Waals surface area contributed by atoms with Crippen molar-refractivity contribution < 1.29 is 18.7 Å². The van der Waals surface area contributed by atoms with Gasteiger partial charge in [-0.15, -0.1) is 0 Å². The van der Waals surface area contributed by atoms with E-state index in [-0.39, 0.29) is 22.9 Å². The first kappa shape index (κ1) is 15.3. The van der Waals surface area contributed by atoms with E-state index in [4.69, 9.17) is 16.7 Å². The number of phenolic OH excluding ortho intramolecular Hbond substituents is 1. The Bertz CT molecular complexity index is 659. The fraction of sp³-hybridized carbons (Fsp3) is 0.133. The summed E-state index contributed by atoms with van der Waals surface area (Å²) in [5, 5.41) is 11.3. The largest absolute Gasteiger partial charge is 0.508 e. The van der Waals surface area contributed by atoms with Gasteiger partial charge >= 0.3 is 0 Å². The molecule has 0 aliphatic rings. The first-order valence-corrected chi connectivity index (χ1v) is 6.56. The lowest BCUT2D eigenvalue weighted by Gasteiger charge is -2.07. The van der Waals surface area contributed by atoms with Gasteiger partial charge in [0.2, 0.25) is 0 Å². The van der Waals surface area contributed by atoms with Crippen LogP contribution in [0.2, 0.25) is 5.02 Å². The second kappa shape index (κ2) is 6.54. The summed E-state index contributed by atoms with van der Waals surface area (Å²) in [6.07, 6.45) is 0.504. The van der Waals surface area contributed by atoms with Crippen molar-refractivity contribution in [1.29, 1.82) is 0 Å². The van der Waals surface area contributed by atoms with Gasteiger partial charge in [0, 0.05) is 6.54 Å². The van der Waals surface area contributed by atoms with Crippen LogP contribution < -0.4 is 5.32 Å². The summed E-state index contributed by atoms with van der Waals surface area (Å²) in [6, 6.07) is 8.03. The number of nitrogens with one attached hydrogen (secondary N) is 1. The quantitative estimate of drug-likeness (QED) is 0.851. The molecule has 2 rings (SSSR count). The Labute approximate surface area is 125 Å². The van der Waals surface area contributed by atoms with Gasteiger partial charge in [-0.05, 0) is 36.2 Å². The van der Waals surface area contributed by atoms with E-state index < -0.39 is 17.5 Å². The van der Waals surface area contributed by atoms with Crippen LogP contribution in [0.5, 0.6) is 5.75 Å². The lowest BCUT2D eigenvalue weighted by atomic mass is 10.1. The summed E-state index contributed by atoms with van der Waals surface area (Å²) in [5.74, 6) is -2.27. The van der Waals surface area contributed by atoms with Crippen molar-refractivity contribution in [1.82, 2.24) is 5.32 Å². The third kappa shape index (κ3) is 3.92. The molecule has 3 nitrogen and oxygen atoms in total. The van der Waals surface area contributed by atoms with E-state index in [1.807, 2.05) is 0 Å². The molecule has 2 aromatic carbocycles. The van der Waals surface area contributed by atoms with Gasteiger partial charge in [0.1, 0.15) is 17.4 Å². The zero-order chi connectivity index (χ0) is 15.4. The number of hydrogen-bond donors (Lipinski definition) is 2. The second-order valence-electron chi connectivity index (χ2n) is 4.42. The van der Waals surface area contributed by atoms with Crippen LogP contribution in [-0.2, 0) is 6.42 Å².